The molecule has 3 aliphatic rings. The number of esters is 1. The van der Waals surface area contributed by atoms with Crippen LogP contribution in [0.2, 0.25) is 0 Å². The van der Waals surface area contributed by atoms with Crippen LogP contribution in [0.3, 0.4) is 0 Å². The Morgan fingerprint density at radius 1 is 1.00 bits per heavy atom. The summed E-state index contributed by atoms with van der Waals surface area (Å²) in [6.07, 6.45) is 4.24. The quantitative estimate of drug-likeness (QED) is 0.537. The van der Waals surface area contributed by atoms with Gasteiger partial charge < -0.3 is 20.5 Å². The third-order valence-corrected chi connectivity index (χ3v) is 6.20. The minimum Gasteiger partial charge on any atom is -0.480 e. The Labute approximate surface area is 158 Å². The Kier molecular flexibility index (Phi) is 5.72. The first-order valence-electron chi connectivity index (χ1n) is 9.83. The smallest absolute Gasteiger partial charge is 0.326 e. The molecular weight excluding hydrogens is 352 g/mol. The van der Waals surface area contributed by atoms with E-state index in [4.69, 9.17) is 4.74 Å². The van der Waals surface area contributed by atoms with Crippen LogP contribution in [0.15, 0.2) is 0 Å². The van der Waals surface area contributed by atoms with Crippen LogP contribution in [-0.4, -0.2) is 47.0 Å². The molecule has 1 saturated heterocycles. The Bertz CT molecular complexity index is 626. The van der Waals surface area contributed by atoms with Gasteiger partial charge in [0, 0.05) is 0 Å². The number of amides is 2. The highest BCUT2D eigenvalue weighted by molar-refractivity contribution is 5.97. The molecule has 0 aromatic rings. The average Bonchev–Trinajstić information content (AvgIpc) is 2.46. The van der Waals surface area contributed by atoms with E-state index in [1.807, 2.05) is 13.8 Å². The Morgan fingerprint density at radius 3 is 1.96 bits per heavy atom. The van der Waals surface area contributed by atoms with E-state index < -0.39 is 47.9 Å². The van der Waals surface area contributed by atoms with Gasteiger partial charge in [-0.25, -0.2) is 4.79 Å². The highest BCUT2D eigenvalue weighted by Gasteiger charge is 2.50. The number of aliphatic carboxylic acids is 1. The highest BCUT2D eigenvalue weighted by Crippen LogP contribution is 2.33. The molecule has 2 aliphatic carbocycles. The topological polar surface area (TPSA) is 122 Å². The van der Waals surface area contributed by atoms with Gasteiger partial charge in [-0.15, -0.1) is 0 Å². The molecule has 0 bridgehead atoms. The third-order valence-electron chi connectivity index (χ3n) is 6.20. The summed E-state index contributed by atoms with van der Waals surface area (Å²) in [5.74, 6) is -2.98. The first-order chi connectivity index (χ1) is 12.8. The van der Waals surface area contributed by atoms with Crippen molar-refractivity contribution in [1.82, 2.24) is 10.6 Å². The first kappa shape index (κ1) is 19.6. The molecule has 150 valence electrons. The van der Waals surface area contributed by atoms with Crippen molar-refractivity contribution in [3.8, 4) is 0 Å². The molecule has 0 unspecified atom stereocenters. The fourth-order valence-electron chi connectivity index (χ4n) is 3.97. The number of carboxylic acid groups (broad SMARTS) is 1. The van der Waals surface area contributed by atoms with E-state index in [0.29, 0.717) is 0 Å². The zero-order valence-corrected chi connectivity index (χ0v) is 15.8. The van der Waals surface area contributed by atoms with Crippen LogP contribution in [0.1, 0.15) is 52.4 Å². The molecule has 2 saturated carbocycles. The van der Waals surface area contributed by atoms with Crippen LogP contribution >= 0.6 is 0 Å². The molecule has 4 atom stereocenters. The largest absolute Gasteiger partial charge is 0.480 e. The lowest BCUT2D eigenvalue weighted by Crippen LogP contribution is -2.62. The summed E-state index contributed by atoms with van der Waals surface area (Å²) in [7, 11) is 0. The fraction of sp³-hybridized carbons (Fsp3) is 0.789. The van der Waals surface area contributed by atoms with E-state index in [2.05, 4.69) is 10.6 Å². The van der Waals surface area contributed by atoms with Crippen molar-refractivity contribution >= 4 is 23.8 Å². The lowest BCUT2D eigenvalue weighted by Gasteiger charge is -2.39. The van der Waals surface area contributed by atoms with Gasteiger partial charge >= 0.3 is 11.9 Å². The van der Waals surface area contributed by atoms with Crippen molar-refractivity contribution < 1.29 is 29.0 Å². The van der Waals surface area contributed by atoms with Gasteiger partial charge in [0.25, 0.3) is 5.91 Å². The number of carboxylic acids is 1. The summed E-state index contributed by atoms with van der Waals surface area (Å²) in [6.45, 7) is 3.69. The molecule has 3 N–H and O–H groups in total. The van der Waals surface area contributed by atoms with E-state index in [-0.39, 0.29) is 17.8 Å². The van der Waals surface area contributed by atoms with Crippen molar-refractivity contribution in [3.05, 3.63) is 0 Å². The van der Waals surface area contributed by atoms with Gasteiger partial charge in [-0.1, -0.05) is 26.7 Å². The maximum Gasteiger partial charge on any atom is 0.326 e. The van der Waals surface area contributed by atoms with Gasteiger partial charge in [-0.05, 0) is 43.4 Å². The van der Waals surface area contributed by atoms with Crippen molar-refractivity contribution in [2.24, 2.45) is 23.7 Å². The number of nitrogens with one attached hydrogen (secondary N) is 2. The van der Waals surface area contributed by atoms with Gasteiger partial charge in [0.05, 0.1) is 0 Å². The van der Waals surface area contributed by atoms with E-state index in [1.54, 1.807) is 0 Å². The molecule has 0 aromatic heterocycles. The maximum atomic E-state index is 12.8. The number of ether oxygens (including phenoxy) is 1. The Hall–Kier alpha value is -2.12. The summed E-state index contributed by atoms with van der Waals surface area (Å²) in [5, 5.41) is 14.8. The van der Waals surface area contributed by atoms with E-state index >= 15 is 0 Å². The van der Waals surface area contributed by atoms with Crippen molar-refractivity contribution in [1.29, 1.82) is 0 Å². The zero-order chi connectivity index (χ0) is 19.7. The summed E-state index contributed by atoms with van der Waals surface area (Å²) >= 11 is 0. The Balaban J connectivity index is 1.65. The Morgan fingerprint density at radius 2 is 1.56 bits per heavy atom. The molecule has 27 heavy (non-hydrogen) atoms. The molecule has 1 heterocycles. The molecule has 0 radical (unpaired) electrons. The number of carbonyl (C=O) groups is 4. The van der Waals surface area contributed by atoms with E-state index in [0.717, 1.165) is 38.5 Å². The second kappa shape index (κ2) is 7.86. The van der Waals surface area contributed by atoms with Crippen LogP contribution in [-0.2, 0) is 23.9 Å². The molecule has 3 rings (SSSR count). The van der Waals surface area contributed by atoms with E-state index in [1.165, 1.54) is 0 Å². The van der Waals surface area contributed by atoms with Crippen LogP contribution in [0, 0.1) is 23.7 Å². The summed E-state index contributed by atoms with van der Waals surface area (Å²) in [5.41, 5.74) is 0. The molecule has 0 spiro atoms. The molecule has 3 fully saturated rings. The minimum absolute atomic E-state index is 0.0157. The number of hydrogen-bond acceptors (Lipinski definition) is 5. The zero-order valence-electron chi connectivity index (χ0n) is 15.8. The van der Waals surface area contributed by atoms with Crippen molar-refractivity contribution in [3.63, 3.8) is 0 Å². The van der Waals surface area contributed by atoms with Crippen LogP contribution in [0.4, 0.5) is 0 Å². The molecule has 8 nitrogen and oxygen atoms in total. The third kappa shape index (κ3) is 3.94. The van der Waals surface area contributed by atoms with Crippen molar-refractivity contribution in [2.75, 3.05) is 0 Å². The molecular formula is C19H28N2O6. The lowest BCUT2D eigenvalue weighted by molar-refractivity contribution is -0.193. The number of rotatable bonds is 8. The second-order valence-corrected chi connectivity index (χ2v) is 8.32. The number of carbonyl (C=O) groups excluding carboxylic acids is 3. The summed E-state index contributed by atoms with van der Waals surface area (Å²) in [4.78, 5) is 48.5. The molecule has 0 aromatic carbocycles. The second-order valence-electron chi connectivity index (χ2n) is 8.32. The minimum atomic E-state index is -1.04. The predicted octanol–water partition coefficient (Wildman–Crippen LogP) is 0.838. The van der Waals surface area contributed by atoms with Crippen LogP contribution in [0.25, 0.3) is 0 Å². The van der Waals surface area contributed by atoms with Gasteiger partial charge in [0.2, 0.25) is 5.91 Å². The summed E-state index contributed by atoms with van der Waals surface area (Å²) < 4.78 is 4.99. The molecule has 8 heteroatoms. The van der Waals surface area contributed by atoms with Crippen molar-refractivity contribution in [2.45, 2.75) is 70.6 Å². The average molecular weight is 380 g/mol. The standard InChI is InChI=1S/C19H28N2O6/c1-9(2)12-15(27-19(12)26)17(23)20-13(10-5-3-6-10)16(22)21-14(18(24)25)11-7-4-8-11/h9-15H,3-8H2,1-2H3,(H,20,23)(H,21,22)(H,24,25)/t12-,13-,14-,15+/m0/s1. The van der Waals surface area contributed by atoms with Gasteiger partial charge in [0.15, 0.2) is 6.10 Å². The van der Waals surface area contributed by atoms with Gasteiger partial charge in [-0.3, -0.25) is 14.4 Å². The normalized spacial score (nSPS) is 27.4. The molecule has 2 amide bonds. The van der Waals surface area contributed by atoms with Gasteiger partial charge in [0.1, 0.15) is 18.0 Å². The molecule has 1 aliphatic heterocycles. The predicted molar refractivity (Wildman–Crippen MR) is 94.4 cm³/mol. The van der Waals surface area contributed by atoms with Gasteiger partial charge in [-0.2, -0.15) is 0 Å². The highest BCUT2D eigenvalue weighted by atomic mass is 16.6. The monoisotopic (exact) mass is 380 g/mol. The number of cyclic esters (lactones) is 1. The van der Waals surface area contributed by atoms with E-state index in [9.17, 15) is 24.3 Å². The maximum absolute atomic E-state index is 12.8. The number of hydrogen-bond donors (Lipinski definition) is 3. The fourth-order valence-corrected chi connectivity index (χ4v) is 3.97. The van der Waals surface area contributed by atoms with Crippen LogP contribution < -0.4 is 10.6 Å². The SMILES string of the molecule is CC(C)[C@@H]1C(=O)O[C@H]1C(=O)N[C@H](C(=O)N[C@H](C(=O)O)C1CCC1)C1CCC1. The van der Waals surface area contributed by atoms with Crippen LogP contribution in [0.5, 0.6) is 0 Å². The lowest BCUT2D eigenvalue weighted by atomic mass is 9.77. The first-order valence-corrected chi connectivity index (χ1v) is 9.83. The summed E-state index contributed by atoms with van der Waals surface area (Å²) in [6, 6.07) is -1.71.